The van der Waals surface area contributed by atoms with E-state index in [2.05, 4.69) is 0 Å². The first-order valence-electron chi connectivity index (χ1n) is 3.04. The van der Waals surface area contributed by atoms with E-state index in [1.807, 2.05) is 0 Å². The highest BCUT2D eigenvalue weighted by atomic mass is 16.4. The van der Waals surface area contributed by atoms with Crippen molar-refractivity contribution in [3.63, 3.8) is 0 Å². The molecule has 4 heteroatoms. The minimum Gasteiger partial charge on any atom is -0.393 e. The van der Waals surface area contributed by atoms with E-state index in [1.165, 1.54) is 13.8 Å². The lowest BCUT2D eigenvalue weighted by molar-refractivity contribution is -0.169. The minimum atomic E-state index is -1.65. The van der Waals surface area contributed by atoms with Crippen molar-refractivity contribution in [2.45, 2.75) is 25.0 Å². The van der Waals surface area contributed by atoms with Gasteiger partial charge < -0.3 is 20.4 Å². The lowest BCUT2D eigenvalue weighted by atomic mass is 9.87. The van der Waals surface area contributed by atoms with E-state index >= 15 is 0 Å². The summed E-state index contributed by atoms with van der Waals surface area (Å²) in [6, 6.07) is 0. The summed E-state index contributed by atoms with van der Waals surface area (Å²) in [4.78, 5) is 0. The Balaban J connectivity index is 4.28. The van der Waals surface area contributed by atoms with Crippen LogP contribution in [0.15, 0.2) is 0 Å². The lowest BCUT2D eigenvalue weighted by Gasteiger charge is -2.35. The predicted molar refractivity (Wildman–Crippen MR) is 35.4 cm³/mol. The molecule has 0 unspecified atom stereocenters. The molecular weight excluding hydrogens is 136 g/mol. The zero-order valence-electron chi connectivity index (χ0n) is 6.20. The van der Waals surface area contributed by atoms with Crippen molar-refractivity contribution in [1.82, 2.24) is 0 Å². The third kappa shape index (κ3) is 1.67. The van der Waals surface area contributed by atoms with Crippen LogP contribution in [-0.2, 0) is 0 Å². The number of hydrogen-bond acceptors (Lipinski definition) is 4. The molecule has 0 aromatic rings. The molecule has 0 radical (unpaired) electrons. The molecule has 0 aliphatic carbocycles. The summed E-state index contributed by atoms with van der Waals surface area (Å²) in [6.45, 7) is 1.34. The molecule has 0 saturated carbocycles. The fraction of sp³-hybridized carbons (Fsp3) is 1.00. The Hall–Kier alpha value is -0.160. The molecule has 0 aromatic carbocycles. The second-order valence-corrected chi connectivity index (χ2v) is 2.86. The number of aliphatic hydroxyl groups is 4. The zero-order chi connectivity index (χ0) is 8.41. The van der Waals surface area contributed by atoms with Gasteiger partial charge in [0.2, 0.25) is 0 Å². The molecule has 0 amide bonds. The summed E-state index contributed by atoms with van der Waals surface area (Å²) in [5, 5.41) is 35.5. The predicted octanol–water partition coefficient (Wildman–Crippen LogP) is -1.53. The monoisotopic (exact) mass is 150 g/mol. The Morgan fingerprint density at radius 3 is 1.20 bits per heavy atom. The van der Waals surface area contributed by atoms with Crippen LogP contribution in [0.2, 0.25) is 0 Å². The number of hydrogen-bond donors (Lipinski definition) is 4. The summed E-state index contributed by atoms with van der Waals surface area (Å²) >= 11 is 0. The lowest BCUT2D eigenvalue weighted by Crippen LogP contribution is -2.54. The van der Waals surface area contributed by atoms with Crippen molar-refractivity contribution >= 4 is 0 Å². The SMILES string of the molecule is C[C@@](O)(CO)[C@](C)(O)CO. The Morgan fingerprint density at radius 2 is 1.10 bits per heavy atom. The fourth-order valence-corrected chi connectivity index (χ4v) is 0.341. The topological polar surface area (TPSA) is 80.9 Å². The molecule has 62 valence electrons. The van der Waals surface area contributed by atoms with Crippen LogP contribution in [0.3, 0.4) is 0 Å². The maximum Gasteiger partial charge on any atom is 0.115 e. The Kier molecular flexibility index (Phi) is 2.79. The van der Waals surface area contributed by atoms with Gasteiger partial charge in [-0.05, 0) is 13.8 Å². The highest BCUT2D eigenvalue weighted by Gasteiger charge is 2.40. The van der Waals surface area contributed by atoms with Crippen LogP contribution in [0.25, 0.3) is 0 Å². The molecule has 0 heterocycles. The molecule has 0 bridgehead atoms. The van der Waals surface area contributed by atoms with E-state index in [9.17, 15) is 10.2 Å². The third-order valence-electron chi connectivity index (χ3n) is 1.78. The van der Waals surface area contributed by atoms with Crippen molar-refractivity contribution in [2.75, 3.05) is 13.2 Å². The van der Waals surface area contributed by atoms with E-state index in [1.54, 1.807) is 0 Å². The van der Waals surface area contributed by atoms with Crippen LogP contribution in [0.1, 0.15) is 13.8 Å². The summed E-state index contributed by atoms with van der Waals surface area (Å²) in [7, 11) is 0. The summed E-state index contributed by atoms with van der Waals surface area (Å²) in [5.74, 6) is 0. The average Bonchev–Trinajstić information content (AvgIpc) is 1.88. The van der Waals surface area contributed by atoms with Gasteiger partial charge in [-0.15, -0.1) is 0 Å². The summed E-state index contributed by atoms with van der Waals surface area (Å²) in [6.07, 6.45) is 0. The first-order chi connectivity index (χ1) is 4.37. The standard InChI is InChI=1S/C6H14O4/c1-5(9,3-7)6(2,10)4-8/h7-10H,3-4H2,1-2H3/t5-,6-/m1/s1. The zero-order valence-corrected chi connectivity index (χ0v) is 6.20. The second kappa shape index (κ2) is 2.84. The Bertz CT molecular complexity index is 94.3. The highest BCUT2D eigenvalue weighted by molar-refractivity contribution is 4.92. The van der Waals surface area contributed by atoms with E-state index in [-0.39, 0.29) is 0 Å². The van der Waals surface area contributed by atoms with Crippen LogP contribution in [0.4, 0.5) is 0 Å². The van der Waals surface area contributed by atoms with Gasteiger partial charge in [-0.1, -0.05) is 0 Å². The first-order valence-corrected chi connectivity index (χ1v) is 3.04. The Morgan fingerprint density at radius 1 is 0.900 bits per heavy atom. The summed E-state index contributed by atoms with van der Waals surface area (Å²) in [5.41, 5.74) is -3.30. The molecule has 0 saturated heterocycles. The quantitative estimate of drug-likeness (QED) is 0.393. The van der Waals surface area contributed by atoms with E-state index in [0.717, 1.165) is 0 Å². The number of aliphatic hydroxyl groups excluding tert-OH is 2. The maximum absolute atomic E-state index is 9.19. The van der Waals surface area contributed by atoms with Gasteiger partial charge in [-0.25, -0.2) is 0 Å². The smallest absolute Gasteiger partial charge is 0.115 e. The van der Waals surface area contributed by atoms with Gasteiger partial charge >= 0.3 is 0 Å². The molecule has 4 nitrogen and oxygen atoms in total. The van der Waals surface area contributed by atoms with Gasteiger partial charge in [0.05, 0.1) is 13.2 Å². The van der Waals surface area contributed by atoms with Gasteiger partial charge in [0, 0.05) is 0 Å². The van der Waals surface area contributed by atoms with Crippen molar-refractivity contribution < 1.29 is 20.4 Å². The fourth-order valence-electron chi connectivity index (χ4n) is 0.341. The normalized spacial score (nSPS) is 23.4. The van der Waals surface area contributed by atoms with E-state index in [0.29, 0.717) is 0 Å². The van der Waals surface area contributed by atoms with Crippen molar-refractivity contribution in [3.8, 4) is 0 Å². The highest BCUT2D eigenvalue weighted by Crippen LogP contribution is 2.19. The van der Waals surface area contributed by atoms with Gasteiger partial charge in [-0.2, -0.15) is 0 Å². The minimum absolute atomic E-state index is 0.583. The molecule has 2 atom stereocenters. The van der Waals surface area contributed by atoms with Crippen LogP contribution >= 0.6 is 0 Å². The molecule has 0 rings (SSSR count). The first kappa shape index (κ1) is 9.84. The van der Waals surface area contributed by atoms with Crippen molar-refractivity contribution in [3.05, 3.63) is 0 Å². The molecule has 10 heavy (non-hydrogen) atoms. The second-order valence-electron chi connectivity index (χ2n) is 2.86. The van der Waals surface area contributed by atoms with E-state index < -0.39 is 24.4 Å². The molecular formula is C6H14O4. The molecule has 0 fully saturated rings. The molecule has 0 aliphatic rings. The van der Waals surface area contributed by atoms with Gasteiger partial charge in [0.25, 0.3) is 0 Å². The van der Waals surface area contributed by atoms with Gasteiger partial charge in [0.15, 0.2) is 0 Å². The molecule has 0 aromatic heterocycles. The molecule has 0 spiro atoms. The third-order valence-corrected chi connectivity index (χ3v) is 1.78. The van der Waals surface area contributed by atoms with Crippen LogP contribution in [0.5, 0.6) is 0 Å². The molecule has 0 aliphatic heterocycles. The van der Waals surface area contributed by atoms with Gasteiger partial charge in [-0.3, -0.25) is 0 Å². The summed E-state index contributed by atoms with van der Waals surface area (Å²) < 4.78 is 0. The van der Waals surface area contributed by atoms with Gasteiger partial charge in [0.1, 0.15) is 11.2 Å². The van der Waals surface area contributed by atoms with Crippen molar-refractivity contribution in [2.24, 2.45) is 0 Å². The largest absolute Gasteiger partial charge is 0.393 e. The number of rotatable bonds is 3. The maximum atomic E-state index is 9.19. The van der Waals surface area contributed by atoms with Crippen molar-refractivity contribution in [1.29, 1.82) is 0 Å². The van der Waals surface area contributed by atoms with Crippen LogP contribution in [0, 0.1) is 0 Å². The Labute approximate surface area is 59.7 Å². The molecule has 4 N–H and O–H groups in total. The van der Waals surface area contributed by atoms with Crippen LogP contribution in [-0.4, -0.2) is 44.8 Å². The average molecular weight is 150 g/mol. The van der Waals surface area contributed by atoms with Crippen LogP contribution < -0.4 is 0 Å². The van der Waals surface area contributed by atoms with E-state index in [4.69, 9.17) is 10.2 Å².